The van der Waals surface area contributed by atoms with Crippen LogP contribution in [0.2, 0.25) is 0 Å². The van der Waals surface area contributed by atoms with E-state index in [4.69, 9.17) is 4.74 Å². The smallest absolute Gasteiger partial charge is 0.411 e. The Balaban J connectivity index is 1.66. The number of ether oxygens (including phenoxy) is 1. The van der Waals surface area contributed by atoms with Crippen molar-refractivity contribution in [3.05, 3.63) is 54.1 Å². The minimum Gasteiger partial charge on any atom is -0.444 e. The van der Waals surface area contributed by atoms with Crippen LogP contribution in [0.25, 0.3) is 16.3 Å². The molecule has 25 heavy (non-hydrogen) atoms. The van der Waals surface area contributed by atoms with Crippen LogP contribution >= 0.6 is 0 Å². The molecule has 0 saturated carbocycles. The van der Waals surface area contributed by atoms with Gasteiger partial charge in [-0.25, -0.2) is 4.79 Å². The molecule has 0 spiro atoms. The summed E-state index contributed by atoms with van der Waals surface area (Å²) in [5.74, 6) is 0. The molecule has 0 radical (unpaired) electrons. The number of carbonyl (C=O) groups is 1. The third-order valence-electron chi connectivity index (χ3n) is 5.14. The van der Waals surface area contributed by atoms with E-state index in [-0.39, 0.29) is 18.2 Å². The summed E-state index contributed by atoms with van der Waals surface area (Å²) in [5, 5.41) is 2.56. The monoisotopic (exact) mass is 335 g/mol. The van der Waals surface area contributed by atoms with Crippen molar-refractivity contribution >= 4 is 22.4 Å². The molecule has 3 heteroatoms. The lowest BCUT2D eigenvalue weighted by molar-refractivity contribution is 0.0175. The van der Waals surface area contributed by atoms with Crippen molar-refractivity contribution in [2.75, 3.05) is 0 Å². The van der Waals surface area contributed by atoms with Crippen LogP contribution < -0.4 is 0 Å². The lowest BCUT2D eigenvalue weighted by atomic mass is 9.91. The summed E-state index contributed by atoms with van der Waals surface area (Å²) in [5.41, 5.74) is 2.22. The second kappa shape index (κ2) is 5.91. The molecule has 1 amide bonds. The predicted octanol–water partition coefficient (Wildman–Crippen LogP) is 5.40. The number of benzene rings is 2. The van der Waals surface area contributed by atoms with E-state index in [0.29, 0.717) is 0 Å². The van der Waals surface area contributed by atoms with Gasteiger partial charge in [-0.05, 0) is 61.9 Å². The molecule has 4 rings (SSSR count). The molecule has 130 valence electrons. The summed E-state index contributed by atoms with van der Waals surface area (Å²) in [6, 6.07) is 15.4. The van der Waals surface area contributed by atoms with Crippen LogP contribution in [-0.2, 0) is 4.74 Å². The van der Waals surface area contributed by atoms with Gasteiger partial charge in [-0.1, -0.05) is 48.5 Å². The maximum Gasteiger partial charge on any atom is 0.411 e. The fraction of sp³-hybridized carbons (Fsp3) is 0.409. The number of hydrogen-bond donors (Lipinski definition) is 0. The van der Waals surface area contributed by atoms with E-state index in [1.807, 2.05) is 25.7 Å². The molecule has 1 fully saturated rings. The van der Waals surface area contributed by atoms with Crippen LogP contribution in [-0.4, -0.2) is 28.7 Å². The van der Waals surface area contributed by atoms with Gasteiger partial charge < -0.3 is 4.74 Å². The molecule has 2 aliphatic rings. The fourth-order valence-electron chi connectivity index (χ4n) is 4.13. The molecular formula is C22H25NO2. The van der Waals surface area contributed by atoms with E-state index in [9.17, 15) is 4.79 Å². The van der Waals surface area contributed by atoms with E-state index in [1.54, 1.807) is 0 Å². The molecule has 0 N–H and O–H groups in total. The maximum absolute atomic E-state index is 12.6. The Bertz CT molecular complexity index is 841. The van der Waals surface area contributed by atoms with Crippen LogP contribution in [0.3, 0.4) is 0 Å². The zero-order valence-electron chi connectivity index (χ0n) is 15.2. The van der Waals surface area contributed by atoms with Gasteiger partial charge in [-0.3, -0.25) is 4.90 Å². The number of carbonyl (C=O) groups excluding carboxylic acids is 1. The Morgan fingerprint density at radius 3 is 2.60 bits per heavy atom. The third kappa shape index (κ3) is 3.04. The van der Waals surface area contributed by atoms with Gasteiger partial charge in [0.25, 0.3) is 0 Å². The standard InChI is InChI=1S/C22H25NO2/c1-22(2,3)25-21(24)23-17-11-12-18(23)14-16(13-17)20-10-6-8-15-7-4-5-9-19(15)20/h4-10,13,17-18H,11-12,14H2,1-3H3. The highest BCUT2D eigenvalue weighted by Crippen LogP contribution is 2.40. The lowest BCUT2D eigenvalue weighted by Crippen LogP contribution is -2.45. The molecule has 2 heterocycles. The van der Waals surface area contributed by atoms with E-state index >= 15 is 0 Å². The summed E-state index contributed by atoms with van der Waals surface area (Å²) >= 11 is 0. The van der Waals surface area contributed by atoms with Crippen LogP contribution in [0.4, 0.5) is 4.79 Å². The first-order chi connectivity index (χ1) is 11.9. The Kier molecular flexibility index (Phi) is 3.82. The van der Waals surface area contributed by atoms with Crippen molar-refractivity contribution < 1.29 is 9.53 Å². The number of nitrogens with zero attached hydrogens (tertiary/aromatic N) is 1. The minimum absolute atomic E-state index is 0.155. The topological polar surface area (TPSA) is 29.5 Å². The van der Waals surface area contributed by atoms with Gasteiger partial charge in [-0.15, -0.1) is 0 Å². The van der Waals surface area contributed by atoms with Gasteiger partial charge >= 0.3 is 6.09 Å². The van der Waals surface area contributed by atoms with Gasteiger partial charge in [0.1, 0.15) is 5.60 Å². The van der Waals surface area contributed by atoms with Gasteiger partial charge in [0.15, 0.2) is 0 Å². The molecule has 0 aliphatic carbocycles. The van der Waals surface area contributed by atoms with Gasteiger partial charge in [0.05, 0.1) is 6.04 Å². The molecule has 2 bridgehead atoms. The third-order valence-corrected chi connectivity index (χ3v) is 5.14. The Morgan fingerprint density at radius 2 is 1.84 bits per heavy atom. The minimum atomic E-state index is -0.448. The largest absolute Gasteiger partial charge is 0.444 e. The van der Waals surface area contributed by atoms with Crippen molar-refractivity contribution in [2.45, 2.75) is 57.7 Å². The highest BCUT2D eigenvalue weighted by molar-refractivity contribution is 5.94. The fourth-order valence-corrected chi connectivity index (χ4v) is 4.13. The van der Waals surface area contributed by atoms with Crippen molar-refractivity contribution in [3.8, 4) is 0 Å². The zero-order chi connectivity index (χ0) is 17.6. The molecule has 2 atom stereocenters. The summed E-state index contributed by atoms with van der Waals surface area (Å²) in [6.45, 7) is 5.77. The average molecular weight is 335 g/mol. The van der Waals surface area contributed by atoms with Crippen molar-refractivity contribution in [1.29, 1.82) is 0 Å². The molecule has 0 aromatic heterocycles. The van der Waals surface area contributed by atoms with Crippen LogP contribution in [0.15, 0.2) is 48.5 Å². The highest BCUT2D eigenvalue weighted by atomic mass is 16.6. The highest BCUT2D eigenvalue weighted by Gasteiger charge is 2.41. The van der Waals surface area contributed by atoms with Crippen molar-refractivity contribution in [1.82, 2.24) is 4.90 Å². The molecule has 2 aliphatic heterocycles. The second-order valence-electron chi connectivity index (χ2n) is 8.11. The number of hydrogen-bond acceptors (Lipinski definition) is 2. The number of rotatable bonds is 1. The molecule has 2 aromatic rings. The summed E-state index contributed by atoms with van der Waals surface area (Å²) in [7, 11) is 0. The van der Waals surface area contributed by atoms with E-state index in [1.165, 1.54) is 21.9 Å². The number of amides is 1. The summed E-state index contributed by atoms with van der Waals surface area (Å²) < 4.78 is 5.63. The van der Waals surface area contributed by atoms with E-state index in [0.717, 1.165) is 19.3 Å². The summed E-state index contributed by atoms with van der Waals surface area (Å²) in [6.07, 6.45) is 5.10. The molecular weight excluding hydrogens is 310 g/mol. The molecule has 2 unspecified atom stereocenters. The van der Waals surface area contributed by atoms with Crippen molar-refractivity contribution in [2.24, 2.45) is 0 Å². The first-order valence-electron chi connectivity index (χ1n) is 9.12. The van der Waals surface area contributed by atoms with Gasteiger partial charge in [-0.2, -0.15) is 0 Å². The summed E-state index contributed by atoms with van der Waals surface area (Å²) in [4.78, 5) is 14.6. The molecule has 1 saturated heterocycles. The van der Waals surface area contributed by atoms with Crippen LogP contribution in [0.1, 0.15) is 45.6 Å². The second-order valence-corrected chi connectivity index (χ2v) is 8.11. The van der Waals surface area contributed by atoms with Gasteiger partial charge in [0, 0.05) is 6.04 Å². The Hall–Kier alpha value is -2.29. The van der Waals surface area contributed by atoms with E-state index < -0.39 is 5.60 Å². The van der Waals surface area contributed by atoms with E-state index in [2.05, 4.69) is 48.5 Å². The first-order valence-corrected chi connectivity index (χ1v) is 9.12. The predicted molar refractivity (Wildman–Crippen MR) is 101 cm³/mol. The Morgan fingerprint density at radius 1 is 1.08 bits per heavy atom. The van der Waals surface area contributed by atoms with Crippen LogP contribution in [0.5, 0.6) is 0 Å². The quantitative estimate of drug-likeness (QED) is 0.699. The van der Waals surface area contributed by atoms with Crippen LogP contribution in [0, 0.1) is 0 Å². The number of fused-ring (bicyclic) bond motifs is 3. The lowest BCUT2D eigenvalue weighted by Gasteiger charge is -2.35. The first kappa shape index (κ1) is 16.2. The SMILES string of the molecule is CC(C)(C)OC(=O)N1C2C=C(c3cccc4ccccc34)CC1CC2. The zero-order valence-corrected chi connectivity index (χ0v) is 15.2. The molecule has 3 nitrogen and oxygen atoms in total. The Labute approximate surface area is 149 Å². The van der Waals surface area contributed by atoms with Gasteiger partial charge in [0.2, 0.25) is 0 Å². The average Bonchev–Trinajstić information content (AvgIpc) is 2.83. The van der Waals surface area contributed by atoms with Crippen molar-refractivity contribution in [3.63, 3.8) is 0 Å². The normalized spacial score (nSPS) is 22.8. The maximum atomic E-state index is 12.6. The molecule has 2 aromatic carbocycles.